The molecule has 0 radical (unpaired) electrons. The Morgan fingerprint density at radius 2 is 2.18 bits per heavy atom. The largest absolute Gasteiger partial charge is 0.365 e. The molecule has 0 aromatic heterocycles. The van der Waals surface area contributed by atoms with E-state index >= 15 is 0 Å². The summed E-state index contributed by atoms with van der Waals surface area (Å²) in [5, 5.41) is 10.8. The highest BCUT2D eigenvalue weighted by Crippen LogP contribution is 2.61. The molecule has 1 aliphatic heterocycles. The summed E-state index contributed by atoms with van der Waals surface area (Å²) < 4.78 is 5.75. The van der Waals surface area contributed by atoms with Crippen molar-refractivity contribution in [2.45, 2.75) is 52.2 Å². The van der Waals surface area contributed by atoms with Crippen LogP contribution in [0, 0.1) is 23.2 Å². The van der Waals surface area contributed by atoms with Crippen LogP contribution >= 0.6 is 0 Å². The van der Waals surface area contributed by atoms with Crippen molar-refractivity contribution in [2.75, 3.05) is 6.61 Å². The van der Waals surface area contributed by atoms with Gasteiger partial charge in [0.05, 0.1) is 6.61 Å². The van der Waals surface area contributed by atoms with Gasteiger partial charge in [0, 0.05) is 12.3 Å². The number of allylic oxidation sites excluding steroid dienone is 2. The fourth-order valence-electron chi connectivity index (χ4n) is 4.73. The Morgan fingerprint density at radius 1 is 1.41 bits per heavy atom. The molecular weight excluding hydrogens is 212 g/mol. The number of hydrogen-bond acceptors (Lipinski definition) is 2. The average Bonchev–Trinajstić information content (AvgIpc) is 2.59. The maximum atomic E-state index is 10.8. The van der Waals surface area contributed by atoms with E-state index in [1.807, 2.05) is 0 Å². The SMILES string of the molecule is C[C@@H]1CO[C@@]2(O)CCC3=CCC[C@H](C)[C@@]3(C)C12. The van der Waals surface area contributed by atoms with Crippen molar-refractivity contribution in [1.82, 2.24) is 0 Å². The molecule has 5 atom stereocenters. The maximum absolute atomic E-state index is 10.8. The molecule has 2 aliphatic carbocycles. The first-order valence-corrected chi connectivity index (χ1v) is 7.04. The Morgan fingerprint density at radius 3 is 2.94 bits per heavy atom. The van der Waals surface area contributed by atoms with Crippen molar-refractivity contribution in [2.24, 2.45) is 23.2 Å². The molecule has 1 saturated carbocycles. The molecule has 3 aliphatic rings. The Hall–Kier alpha value is -0.340. The standard InChI is InChI=1S/C15H24O2/c1-10-9-17-15(16)8-7-12-6-4-5-11(2)14(12,3)13(10)15/h6,10-11,13,16H,4-5,7-9H2,1-3H3/t10-,11+,13?,14-,15+/m1/s1. The van der Waals surface area contributed by atoms with Crippen LogP contribution in [0.1, 0.15) is 46.5 Å². The van der Waals surface area contributed by atoms with Gasteiger partial charge >= 0.3 is 0 Å². The summed E-state index contributed by atoms with van der Waals surface area (Å²) >= 11 is 0. The molecule has 1 N–H and O–H groups in total. The molecular formula is C15H24O2. The number of hydrogen-bond donors (Lipinski definition) is 1. The molecule has 17 heavy (non-hydrogen) atoms. The third-order valence-electron chi connectivity index (χ3n) is 5.76. The van der Waals surface area contributed by atoms with Crippen LogP contribution in [-0.4, -0.2) is 17.5 Å². The smallest absolute Gasteiger partial charge is 0.169 e. The summed E-state index contributed by atoms with van der Waals surface area (Å²) in [4.78, 5) is 0. The minimum absolute atomic E-state index is 0.154. The normalized spacial score (nSPS) is 53.9. The predicted octanol–water partition coefficient (Wildman–Crippen LogP) is 3.11. The lowest BCUT2D eigenvalue weighted by Crippen LogP contribution is -2.53. The van der Waals surface area contributed by atoms with E-state index in [-0.39, 0.29) is 11.3 Å². The van der Waals surface area contributed by atoms with Crippen LogP contribution in [-0.2, 0) is 4.74 Å². The summed E-state index contributed by atoms with van der Waals surface area (Å²) in [5.74, 6) is 0.555. The molecule has 96 valence electrons. The number of ether oxygens (including phenoxy) is 1. The lowest BCUT2D eigenvalue weighted by Gasteiger charge is -2.54. The molecule has 0 aromatic rings. The Balaban J connectivity index is 2.08. The zero-order valence-electron chi connectivity index (χ0n) is 11.2. The van der Waals surface area contributed by atoms with E-state index < -0.39 is 5.79 Å². The lowest BCUT2D eigenvalue weighted by molar-refractivity contribution is -0.231. The molecule has 2 heteroatoms. The van der Waals surface area contributed by atoms with Crippen LogP contribution in [0.2, 0.25) is 0 Å². The second kappa shape index (κ2) is 3.58. The van der Waals surface area contributed by atoms with Crippen molar-refractivity contribution in [3.63, 3.8) is 0 Å². The molecule has 2 fully saturated rings. The van der Waals surface area contributed by atoms with Gasteiger partial charge in [-0.25, -0.2) is 0 Å². The average molecular weight is 236 g/mol. The van der Waals surface area contributed by atoms with Gasteiger partial charge < -0.3 is 9.84 Å². The Bertz CT molecular complexity index is 362. The summed E-state index contributed by atoms with van der Waals surface area (Å²) in [6, 6.07) is 0. The van der Waals surface area contributed by atoms with Crippen molar-refractivity contribution in [3.8, 4) is 0 Å². The van der Waals surface area contributed by atoms with Crippen molar-refractivity contribution in [3.05, 3.63) is 11.6 Å². The molecule has 0 spiro atoms. The van der Waals surface area contributed by atoms with Crippen LogP contribution < -0.4 is 0 Å². The van der Waals surface area contributed by atoms with Crippen LogP contribution in [0.4, 0.5) is 0 Å². The van der Waals surface area contributed by atoms with Gasteiger partial charge in [0.2, 0.25) is 0 Å². The monoisotopic (exact) mass is 236 g/mol. The first-order valence-electron chi connectivity index (χ1n) is 7.04. The van der Waals surface area contributed by atoms with Crippen molar-refractivity contribution < 1.29 is 9.84 Å². The van der Waals surface area contributed by atoms with E-state index in [2.05, 4.69) is 26.8 Å². The van der Waals surface area contributed by atoms with Gasteiger partial charge in [-0.1, -0.05) is 32.4 Å². The van der Waals surface area contributed by atoms with E-state index in [1.54, 1.807) is 5.57 Å². The van der Waals surface area contributed by atoms with Crippen LogP contribution in [0.15, 0.2) is 11.6 Å². The fraction of sp³-hybridized carbons (Fsp3) is 0.867. The molecule has 2 nitrogen and oxygen atoms in total. The van der Waals surface area contributed by atoms with Gasteiger partial charge in [-0.15, -0.1) is 0 Å². The van der Waals surface area contributed by atoms with Crippen molar-refractivity contribution >= 4 is 0 Å². The van der Waals surface area contributed by atoms with Gasteiger partial charge in [0.25, 0.3) is 0 Å². The maximum Gasteiger partial charge on any atom is 0.169 e. The van der Waals surface area contributed by atoms with E-state index in [9.17, 15) is 5.11 Å². The zero-order valence-corrected chi connectivity index (χ0v) is 11.2. The van der Waals surface area contributed by atoms with E-state index in [0.29, 0.717) is 11.8 Å². The third kappa shape index (κ3) is 1.40. The number of fused-ring (bicyclic) bond motifs is 3. The topological polar surface area (TPSA) is 29.5 Å². The molecule has 1 heterocycles. The Labute approximate surface area is 104 Å². The first-order chi connectivity index (χ1) is 7.98. The minimum atomic E-state index is -0.850. The van der Waals surface area contributed by atoms with E-state index in [1.165, 1.54) is 12.8 Å². The first kappa shape index (κ1) is 11.7. The van der Waals surface area contributed by atoms with Gasteiger partial charge in [-0.05, 0) is 36.5 Å². The third-order valence-corrected chi connectivity index (χ3v) is 5.76. The van der Waals surface area contributed by atoms with Gasteiger partial charge in [-0.3, -0.25) is 0 Å². The predicted molar refractivity (Wildman–Crippen MR) is 67.4 cm³/mol. The van der Waals surface area contributed by atoms with E-state index in [0.717, 1.165) is 19.4 Å². The lowest BCUT2D eigenvalue weighted by atomic mass is 9.52. The fourth-order valence-corrected chi connectivity index (χ4v) is 4.73. The molecule has 0 aromatic carbocycles. The van der Waals surface area contributed by atoms with Gasteiger partial charge in [0.15, 0.2) is 5.79 Å². The molecule has 0 bridgehead atoms. The summed E-state index contributed by atoms with van der Waals surface area (Å²) in [7, 11) is 0. The second-order valence-corrected chi connectivity index (χ2v) is 6.60. The van der Waals surface area contributed by atoms with Gasteiger partial charge in [0.1, 0.15) is 0 Å². The Kier molecular flexibility index (Phi) is 2.47. The van der Waals surface area contributed by atoms with Gasteiger partial charge in [-0.2, -0.15) is 0 Å². The molecule has 3 rings (SSSR count). The minimum Gasteiger partial charge on any atom is -0.365 e. The van der Waals surface area contributed by atoms with Crippen LogP contribution in [0.3, 0.4) is 0 Å². The quantitative estimate of drug-likeness (QED) is 0.655. The highest BCUT2D eigenvalue weighted by atomic mass is 16.6. The highest BCUT2D eigenvalue weighted by molar-refractivity contribution is 5.26. The number of rotatable bonds is 0. The summed E-state index contributed by atoms with van der Waals surface area (Å²) in [6.45, 7) is 7.67. The molecule has 0 amide bonds. The summed E-state index contributed by atoms with van der Waals surface area (Å²) in [5.41, 5.74) is 1.74. The van der Waals surface area contributed by atoms with Crippen LogP contribution in [0.25, 0.3) is 0 Å². The number of aliphatic hydroxyl groups is 1. The summed E-state index contributed by atoms with van der Waals surface area (Å²) in [6.07, 6.45) is 6.70. The zero-order chi connectivity index (χ0) is 12.3. The highest BCUT2D eigenvalue weighted by Gasteiger charge is 2.61. The molecule has 1 unspecified atom stereocenters. The molecule has 1 saturated heterocycles. The van der Waals surface area contributed by atoms with Crippen molar-refractivity contribution in [1.29, 1.82) is 0 Å². The van der Waals surface area contributed by atoms with E-state index in [4.69, 9.17) is 4.74 Å². The van der Waals surface area contributed by atoms with Crippen LogP contribution in [0.5, 0.6) is 0 Å². The second-order valence-electron chi connectivity index (χ2n) is 6.60.